The van der Waals surface area contributed by atoms with Crippen LogP contribution in [0, 0.1) is 5.92 Å². The molecule has 122 valence electrons. The van der Waals surface area contributed by atoms with E-state index in [1.54, 1.807) is 4.90 Å². The Balaban J connectivity index is 1.94. The van der Waals surface area contributed by atoms with E-state index in [-0.39, 0.29) is 17.7 Å². The zero-order chi connectivity index (χ0) is 16.7. The van der Waals surface area contributed by atoms with E-state index >= 15 is 0 Å². The lowest BCUT2D eigenvalue weighted by molar-refractivity contribution is -0.130. The van der Waals surface area contributed by atoms with Crippen LogP contribution in [0.2, 0.25) is 0 Å². The van der Waals surface area contributed by atoms with Crippen molar-refractivity contribution in [2.75, 3.05) is 18.4 Å². The van der Waals surface area contributed by atoms with Crippen LogP contribution in [0.25, 0.3) is 0 Å². The van der Waals surface area contributed by atoms with Gasteiger partial charge in [0, 0.05) is 24.7 Å². The number of nitrogens with one attached hydrogen (secondary N) is 1. The van der Waals surface area contributed by atoms with Gasteiger partial charge in [0.15, 0.2) is 0 Å². The van der Waals surface area contributed by atoms with Crippen molar-refractivity contribution in [2.24, 2.45) is 5.92 Å². The number of likely N-dealkylation sites (tertiary alicyclic amines) is 1. The predicted molar refractivity (Wildman–Crippen MR) is 93.1 cm³/mol. The molecule has 4 heteroatoms. The summed E-state index contributed by atoms with van der Waals surface area (Å²) in [6.45, 7) is 8.47. The Morgan fingerprint density at radius 3 is 2.57 bits per heavy atom. The number of rotatable bonds is 6. The van der Waals surface area contributed by atoms with Crippen molar-refractivity contribution in [2.45, 2.75) is 25.7 Å². The van der Waals surface area contributed by atoms with Crippen molar-refractivity contribution in [3.05, 3.63) is 55.1 Å². The van der Waals surface area contributed by atoms with E-state index in [4.69, 9.17) is 0 Å². The summed E-state index contributed by atoms with van der Waals surface area (Å²) in [6.07, 6.45) is 6.35. The van der Waals surface area contributed by atoms with E-state index in [1.807, 2.05) is 30.3 Å². The Morgan fingerprint density at radius 1 is 1.22 bits per heavy atom. The number of carbonyl (C=O) groups excluding carboxylic acids is 2. The highest BCUT2D eigenvalue weighted by molar-refractivity contribution is 5.93. The third-order valence-corrected chi connectivity index (χ3v) is 4.25. The minimum absolute atomic E-state index is 0.0433. The highest BCUT2D eigenvalue weighted by atomic mass is 16.2. The number of piperidine rings is 1. The molecule has 2 amide bonds. The van der Waals surface area contributed by atoms with Gasteiger partial charge in [-0.2, -0.15) is 0 Å². The molecule has 4 nitrogen and oxygen atoms in total. The first kappa shape index (κ1) is 17.0. The molecule has 0 atom stereocenters. The van der Waals surface area contributed by atoms with Gasteiger partial charge in [-0.25, -0.2) is 0 Å². The SMILES string of the molecule is C=CCCc1ccccc1NC(=O)C1CCN(C(=O)C=C)CC1. The van der Waals surface area contributed by atoms with Gasteiger partial charge in [-0.1, -0.05) is 30.9 Å². The minimum Gasteiger partial charge on any atom is -0.339 e. The third kappa shape index (κ3) is 4.55. The van der Waals surface area contributed by atoms with Crippen LogP contribution < -0.4 is 5.32 Å². The van der Waals surface area contributed by atoms with Crippen molar-refractivity contribution in [1.29, 1.82) is 0 Å². The maximum Gasteiger partial charge on any atom is 0.245 e. The molecular weight excluding hydrogens is 288 g/mol. The molecule has 1 aromatic rings. The number of aryl methyl sites for hydroxylation is 1. The molecule has 0 bridgehead atoms. The number of anilines is 1. The number of amides is 2. The lowest BCUT2D eigenvalue weighted by Gasteiger charge is -2.30. The Morgan fingerprint density at radius 2 is 1.91 bits per heavy atom. The molecule has 0 aliphatic carbocycles. The molecule has 1 aliphatic heterocycles. The van der Waals surface area contributed by atoms with Crippen molar-refractivity contribution in [3.8, 4) is 0 Å². The number of para-hydroxylation sites is 1. The van der Waals surface area contributed by atoms with Gasteiger partial charge in [0.05, 0.1) is 0 Å². The van der Waals surface area contributed by atoms with Crippen LogP contribution in [0.3, 0.4) is 0 Å². The van der Waals surface area contributed by atoms with Gasteiger partial charge in [-0.15, -0.1) is 6.58 Å². The number of hydrogen-bond donors (Lipinski definition) is 1. The smallest absolute Gasteiger partial charge is 0.245 e. The highest BCUT2D eigenvalue weighted by Gasteiger charge is 2.26. The number of hydrogen-bond acceptors (Lipinski definition) is 2. The highest BCUT2D eigenvalue weighted by Crippen LogP contribution is 2.22. The van der Waals surface area contributed by atoms with Crippen molar-refractivity contribution in [1.82, 2.24) is 4.90 Å². The van der Waals surface area contributed by atoms with E-state index in [0.717, 1.165) is 24.1 Å². The predicted octanol–water partition coefficient (Wildman–Crippen LogP) is 3.17. The summed E-state index contributed by atoms with van der Waals surface area (Å²) in [7, 11) is 0. The quantitative estimate of drug-likeness (QED) is 0.648. The normalized spacial score (nSPS) is 15.0. The number of carbonyl (C=O) groups is 2. The fraction of sp³-hybridized carbons (Fsp3) is 0.368. The van der Waals surface area contributed by atoms with Gasteiger partial charge < -0.3 is 10.2 Å². The van der Waals surface area contributed by atoms with E-state index in [2.05, 4.69) is 18.5 Å². The molecule has 1 aliphatic rings. The van der Waals surface area contributed by atoms with Crippen LogP contribution in [-0.2, 0) is 16.0 Å². The maximum absolute atomic E-state index is 12.5. The summed E-state index contributed by atoms with van der Waals surface area (Å²) in [4.78, 5) is 25.8. The third-order valence-electron chi connectivity index (χ3n) is 4.25. The molecule has 2 rings (SSSR count). The van der Waals surface area contributed by atoms with Gasteiger partial charge in [0.2, 0.25) is 11.8 Å². The van der Waals surface area contributed by atoms with E-state index in [1.165, 1.54) is 6.08 Å². The topological polar surface area (TPSA) is 49.4 Å². The summed E-state index contributed by atoms with van der Waals surface area (Å²) in [5, 5.41) is 3.05. The summed E-state index contributed by atoms with van der Waals surface area (Å²) in [5.74, 6) is -0.0586. The van der Waals surface area contributed by atoms with E-state index in [0.29, 0.717) is 25.9 Å². The van der Waals surface area contributed by atoms with Gasteiger partial charge in [-0.05, 0) is 43.4 Å². The van der Waals surface area contributed by atoms with Crippen LogP contribution >= 0.6 is 0 Å². The zero-order valence-corrected chi connectivity index (χ0v) is 13.5. The molecule has 1 saturated heterocycles. The minimum atomic E-state index is -0.0568. The second kappa shape index (κ2) is 8.32. The molecule has 1 aromatic carbocycles. The Labute approximate surface area is 137 Å². The molecule has 0 radical (unpaired) electrons. The number of benzene rings is 1. The van der Waals surface area contributed by atoms with Gasteiger partial charge in [0.1, 0.15) is 0 Å². The Hall–Kier alpha value is -2.36. The first-order valence-electron chi connectivity index (χ1n) is 8.06. The van der Waals surface area contributed by atoms with Gasteiger partial charge in [-0.3, -0.25) is 9.59 Å². The monoisotopic (exact) mass is 312 g/mol. The van der Waals surface area contributed by atoms with E-state index in [9.17, 15) is 9.59 Å². The van der Waals surface area contributed by atoms with Gasteiger partial charge >= 0.3 is 0 Å². The fourth-order valence-corrected chi connectivity index (χ4v) is 2.84. The van der Waals surface area contributed by atoms with Crippen LogP contribution in [-0.4, -0.2) is 29.8 Å². The summed E-state index contributed by atoms with van der Waals surface area (Å²) in [6, 6.07) is 7.88. The molecule has 1 heterocycles. The first-order chi connectivity index (χ1) is 11.2. The number of allylic oxidation sites excluding steroid dienone is 1. The van der Waals surface area contributed by atoms with Gasteiger partial charge in [0.25, 0.3) is 0 Å². The maximum atomic E-state index is 12.5. The summed E-state index contributed by atoms with van der Waals surface area (Å²) in [5.41, 5.74) is 2.00. The summed E-state index contributed by atoms with van der Waals surface area (Å²) < 4.78 is 0. The van der Waals surface area contributed by atoms with Crippen molar-refractivity contribution in [3.63, 3.8) is 0 Å². The lowest BCUT2D eigenvalue weighted by atomic mass is 9.95. The average molecular weight is 312 g/mol. The van der Waals surface area contributed by atoms with Crippen LogP contribution in [0.5, 0.6) is 0 Å². The fourth-order valence-electron chi connectivity index (χ4n) is 2.84. The molecule has 0 spiro atoms. The molecule has 23 heavy (non-hydrogen) atoms. The van der Waals surface area contributed by atoms with Crippen LogP contribution in [0.15, 0.2) is 49.6 Å². The number of nitrogens with zero attached hydrogens (tertiary/aromatic N) is 1. The first-order valence-corrected chi connectivity index (χ1v) is 8.06. The van der Waals surface area contributed by atoms with Crippen LogP contribution in [0.4, 0.5) is 5.69 Å². The Kier molecular flexibility index (Phi) is 6.15. The molecule has 0 saturated carbocycles. The summed E-state index contributed by atoms with van der Waals surface area (Å²) >= 11 is 0. The molecular formula is C19H24N2O2. The second-order valence-electron chi connectivity index (χ2n) is 5.78. The lowest BCUT2D eigenvalue weighted by Crippen LogP contribution is -2.40. The molecule has 1 N–H and O–H groups in total. The van der Waals surface area contributed by atoms with Crippen molar-refractivity contribution >= 4 is 17.5 Å². The second-order valence-corrected chi connectivity index (χ2v) is 5.78. The van der Waals surface area contributed by atoms with Crippen molar-refractivity contribution < 1.29 is 9.59 Å². The zero-order valence-electron chi connectivity index (χ0n) is 13.5. The molecule has 0 unspecified atom stereocenters. The molecule has 0 aromatic heterocycles. The Bertz CT molecular complexity index is 587. The van der Waals surface area contributed by atoms with Crippen LogP contribution in [0.1, 0.15) is 24.8 Å². The average Bonchev–Trinajstić information content (AvgIpc) is 2.60. The molecule has 1 fully saturated rings. The largest absolute Gasteiger partial charge is 0.339 e. The van der Waals surface area contributed by atoms with E-state index < -0.39 is 0 Å². The standard InChI is InChI=1S/C19H24N2O2/c1-3-5-8-15-9-6-7-10-17(15)20-19(23)16-11-13-21(14-12-16)18(22)4-2/h3-4,6-7,9-10,16H,1-2,5,8,11-14H2,(H,20,23).